The first kappa shape index (κ1) is 11.2. The molecule has 2 aromatic rings. The van der Waals surface area contributed by atoms with Crippen molar-refractivity contribution in [3.8, 4) is 6.07 Å². The third kappa shape index (κ3) is 1.98. The Labute approximate surface area is 106 Å². The molecule has 4 heteroatoms. The molecule has 1 aliphatic heterocycles. The minimum Gasteiger partial charge on any atom is -0.381 e. The van der Waals surface area contributed by atoms with E-state index in [0.717, 1.165) is 24.2 Å². The Bertz CT molecular complexity index is 557. The summed E-state index contributed by atoms with van der Waals surface area (Å²) in [4.78, 5) is 4.57. The Balaban J connectivity index is 1.88. The highest BCUT2D eigenvalue weighted by Crippen LogP contribution is 2.33. The Morgan fingerprint density at radius 1 is 1.39 bits per heavy atom. The number of nitriles is 1. The highest BCUT2D eigenvalue weighted by Gasteiger charge is 2.33. The lowest BCUT2D eigenvalue weighted by atomic mass is 9.78. The van der Waals surface area contributed by atoms with Crippen molar-refractivity contribution < 1.29 is 4.74 Å². The Morgan fingerprint density at radius 3 is 2.94 bits per heavy atom. The maximum Gasteiger partial charge on any atom is 0.136 e. The molecular formula is C14H15N3O. The standard InChI is InChI=1S/C14H15N3O/c15-11-14(4-7-18-8-5-14)9-12-10-17-6-2-1-3-13(17)16-12/h1-3,6,10H,4-5,7-9H2. The van der Waals surface area contributed by atoms with Gasteiger partial charge in [0.15, 0.2) is 0 Å². The number of ether oxygens (including phenoxy) is 1. The maximum absolute atomic E-state index is 9.44. The first-order chi connectivity index (χ1) is 8.81. The largest absolute Gasteiger partial charge is 0.381 e. The molecule has 0 amide bonds. The summed E-state index contributed by atoms with van der Waals surface area (Å²) in [5.74, 6) is 0. The molecular weight excluding hydrogens is 226 g/mol. The van der Waals surface area contributed by atoms with Crippen molar-refractivity contribution in [2.45, 2.75) is 19.3 Å². The molecule has 4 nitrogen and oxygen atoms in total. The topological polar surface area (TPSA) is 50.3 Å². The molecule has 2 aromatic heterocycles. The Kier molecular flexibility index (Phi) is 2.77. The minimum absolute atomic E-state index is 0.295. The summed E-state index contributed by atoms with van der Waals surface area (Å²) in [5.41, 5.74) is 1.63. The van der Waals surface area contributed by atoms with Gasteiger partial charge >= 0.3 is 0 Å². The van der Waals surface area contributed by atoms with Gasteiger partial charge in [0.25, 0.3) is 0 Å². The molecule has 0 N–H and O–H groups in total. The van der Waals surface area contributed by atoms with Crippen LogP contribution in [0.5, 0.6) is 0 Å². The summed E-state index contributed by atoms with van der Waals surface area (Å²) in [6, 6.07) is 8.41. The number of hydrogen-bond acceptors (Lipinski definition) is 3. The second-order valence-electron chi connectivity index (χ2n) is 4.88. The van der Waals surface area contributed by atoms with Crippen LogP contribution < -0.4 is 0 Å². The van der Waals surface area contributed by atoms with E-state index in [4.69, 9.17) is 4.74 Å². The summed E-state index contributed by atoms with van der Waals surface area (Å²) >= 11 is 0. The van der Waals surface area contributed by atoms with Gasteiger partial charge in [-0.05, 0) is 25.0 Å². The fourth-order valence-electron chi connectivity index (χ4n) is 2.51. The Hall–Kier alpha value is -1.86. The molecule has 0 saturated carbocycles. The third-order valence-electron chi connectivity index (χ3n) is 3.62. The predicted molar refractivity (Wildman–Crippen MR) is 67.0 cm³/mol. The van der Waals surface area contributed by atoms with Gasteiger partial charge in [0.1, 0.15) is 5.65 Å². The van der Waals surface area contributed by atoms with E-state index in [1.165, 1.54) is 0 Å². The van der Waals surface area contributed by atoms with Crippen LogP contribution >= 0.6 is 0 Å². The first-order valence-corrected chi connectivity index (χ1v) is 6.23. The van der Waals surface area contributed by atoms with E-state index in [9.17, 15) is 5.26 Å². The maximum atomic E-state index is 9.44. The molecule has 0 unspecified atom stereocenters. The zero-order chi connectivity index (χ0) is 12.4. The van der Waals surface area contributed by atoms with Crippen LogP contribution in [0.15, 0.2) is 30.6 Å². The second-order valence-corrected chi connectivity index (χ2v) is 4.88. The number of aromatic nitrogens is 2. The lowest BCUT2D eigenvalue weighted by molar-refractivity contribution is 0.0403. The van der Waals surface area contributed by atoms with Gasteiger partial charge in [0, 0.05) is 32.0 Å². The number of fused-ring (bicyclic) bond motifs is 1. The van der Waals surface area contributed by atoms with Gasteiger partial charge in [0.05, 0.1) is 17.2 Å². The molecule has 0 aliphatic carbocycles. The molecule has 0 aromatic carbocycles. The fraction of sp³-hybridized carbons (Fsp3) is 0.429. The molecule has 1 saturated heterocycles. The lowest BCUT2D eigenvalue weighted by Gasteiger charge is -2.29. The van der Waals surface area contributed by atoms with Crippen molar-refractivity contribution in [3.63, 3.8) is 0 Å². The van der Waals surface area contributed by atoms with E-state index in [-0.39, 0.29) is 5.41 Å². The van der Waals surface area contributed by atoms with Crippen LogP contribution in [0.25, 0.3) is 5.65 Å². The summed E-state index contributed by atoms with van der Waals surface area (Å²) in [6.07, 6.45) is 6.32. The van der Waals surface area contributed by atoms with Gasteiger partial charge in [-0.1, -0.05) is 6.07 Å². The monoisotopic (exact) mass is 241 g/mol. The van der Waals surface area contributed by atoms with Crippen molar-refractivity contribution >= 4 is 5.65 Å². The summed E-state index contributed by atoms with van der Waals surface area (Å²) in [6.45, 7) is 1.36. The zero-order valence-electron chi connectivity index (χ0n) is 10.2. The van der Waals surface area contributed by atoms with Gasteiger partial charge in [-0.2, -0.15) is 5.26 Å². The van der Waals surface area contributed by atoms with Crippen molar-refractivity contribution in [2.75, 3.05) is 13.2 Å². The summed E-state index contributed by atoms with van der Waals surface area (Å²) in [7, 11) is 0. The fourth-order valence-corrected chi connectivity index (χ4v) is 2.51. The number of pyridine rings is 1. The first-order valence-electron chi connectivity index (χ1n) is 6.23. The van der Waals surface area contributed by atoms with Gasteiger partial charge in [-0.25, -0.2) is 4.98 Å². The number of nitrogens with zero attached hydrogens (tertiary/aromatic N) is 3. The van der Waals surface area contributed by atoms with Crippen molar-refractivity contribution in [1.29, 1.82) is 5.26 Å². The molecule has 0 radical (unpaired) electrons. The van der Waals surface area contributed by atoms with E-state index in [1.807, 2.05) is 35.0 Å². The SMILES string of the molecule is N#CC1(Cc2cn3ccccc3n2)CCOCC1. The normalized spacial score (nSPS) is 18.6. The average molecular weight is 241 g/mol. The molecule has 0 spiro atoms. The third-order valence-corrected chi connectivity index (χ3v) is 3.62. The average Bonchev–Trinajstić information content (AvgIpc) is 2.81. The summed E-state index contributed by atoms with van der Waals surface area (Å²) < 4.78 is 7.35. The predicted octanol–water partition coefficient (Wildman–Crippen LogP) is 2.20. The van der Waals surface area contributed by atoms with Crippen molar-refractivity contribution in [2.24, 2.45) is 5.41 Å². The molecule has 3 heterocycles. The highest BCUT2D eigenvalue weighted by atomic mass is 16.5. The van der Waals surface area contributed by atoms with Crippen LogP contribution in [0.4, 0.5) is 0 Å². The molecule has 0 atom stereocenters. The van der Waals surface area contributed by atoms with E-state index in [1.54, 1.807) is 0 Å². The molecule has 1 aliphatic rings. The molecule has 92 valence electrons. The summed E-state index contributed by atoms with van der Waals surface area (Å²) in [5, 5.41) is 9.44. The molecule has 18 heavy (non-hydrogen) atoms. The molecule has 1 fully saturated rings. The quantitative estimate of drug-likeness (QED) is 0.809. The molecule has 3 rings (SSSR count). The van der Waals surface area contributed by atoms with E-state index < -0.39 is 0 Å². The molecule has 0 bridgehead atoms. The van der Waals surface area contributed by atoms with Crippen LogP contribution in [0.2, 0.25) is 0 Å². The lowest BCUT2D eigenvalue weighted by Crippen LogP contribution is -2.30. The smallest absolute Gasteiger partial charge is 0.136 e. The van der Waals surface area contributed by atoms with Gasteiger partial charge in [-0.3, -0.25) is 0 Å². The number of rotatable bonds is 2. The second kappa shape index (κ2) is 4.43. The van der Waals surface area contributed by atoms with Crippen LogP contribution in [0.1, 0.15) is 18.5 Å². The van der Waals surface area contributed by atoms with Crippen LogP contribution in [0.3, 0.4) is 0 Å². The number of imidazole rings is 1. The van der Waals surface area contributed by atoms with Gasteiger partial charge in [0.2, 0.25) is 0 Å². The van der Waals surface area contributed by atoms with E-state index in [0.29, 0.717) is 19.6 Å². The van der Waals surface area contributed by atoms with E-state index >= 15 is 0 Å². The van der Waals surface area contributed by atoms with Gasteiger partial charge in [-0.15, -0.1) is 0 Å². The zero-order valence-corrected chi connectivity index (χ0v) is 10.2. The van der Waals surface area contributed by atoms with Crippen LogP contribution in [-0.2, 0) is 11.2 Å². The van der Waals surface area contributed by atoms with Crippen molar-refractivity contribution in [1.82, 2.24) is 9.38 Å². The Morgan fingerprint density at radius 2 is 2.22 bits per heavy atom. The van der Waals surface area contributed by atoms with Gasteiger partial charge < -0.3 is 9.14 Å². The minimum atomic E-state index is -0.295. The number of hydrogen-bond donors (Lipinski definition) is 0. The van der Waals surface area contributed by atoms with Crippen LogP contribution in [0, 0.1) is 16.7 Å². The van der Waals surface area contributed by atoms with E-state index in [2.05, 4.69) is 11.1 Å². The van der Waals surface area contributed by atoms with Crippen LogP contribution in [-0.4, -0.2) is 22.6 Å². The highest BCUT2D eigenvalue weighted by molar-refractivity contribution is 5.39. The van der Waals surface area contributed by atoms with Crippen molar-refractivity contribution in [3.05, 3.63) is 36.3 Å².